The zero-order chi connectivity index (χ0) is 9.38. The van der Waals surface area contributed by atoms with Gasteiger partial charge in [0.05, 0.1) is 0 Å². The van der Waals surface area contributed by atoms with Crippen molar-refractivity contribution in [3.05, 3.63) is 30.1 Å². The number of aromatic nitrogens is 1. The van der Waals surface area contributed by atoms with Crippen molar-refractivity contribution in [3.63, 3.8) is 0 Å². The first-order valence-corrected chi connectivity index (χ1v) is 5.49. The monoisotopic (exact) mass is 188 g/mol. The summed E-state index contributed by atoms with van der Waals surface area (Å²) < 4.78 is 0. The maximum Gasteiger partial charge on any atom is 0.0258 e. The summed E-state index contributed by atoms with van der Waals surface area (Å²) in [5, 5.41) is 3.56. The Balaban J connectivity index is 1.90. The van der Waals surface area contributed by atoms with Crippen molar-refractivity contribution in [3.8, 4) is 0 Å². The van der Waals surface area contributed by atoms with Crippen LogP contribution >= 0.6 is 0 Å². The SMILES string of the molecule is C1=C(c2cc[nH]c2)CC2CCNC1C2. The van der Waals surface area contributed by atoms with Gasteiger partial charge in [-0.05, 0) is 48.9 Å². The molecule has 2 heterocycles. The first kappa shape index (κ1) is 8.30. The summed E-state index contributed by atoms with van der Waals surface area (Å²) in [6, 6.07) is 2.81. The lowest BCUT2D eigenvalue weighted by atomic mass is 9.80. The van der Waals surface area contributed by atoms with E-state index in [1.54, 1.807) is 0 Å². The van der Waals surface area contributed by atoms with Crippen LogP contribution in [0.3, 0.4) is 0 Å². The number of hydrogen-bond donors (Lipinski definition) is 2. The maximum atomic E-state index is 3.56. The van der Waals surface area contributed by atoms with Crippen LogP contribution in [0.5, 0.6) is 0 Å². The number of hydrogen-bond acceptors (Lipinski definition) is 1. The zero-order valence-electron chi connectivity index (χ0n) is 8.29. The van der Waals surface area contributed by atoms with E-state index in [9.17, 15) is 0 Å². The van der Waals surface area contributed by atoms with E-state index in [1.807, 2.05) is 6.20 Å². The highest BCUT2D eigenvalue weighted by molar-refractivity contribution is 5.66. The van der Waals surface area contributed by atoms with Crippen molar-refractivity contribution in [2.24, 2.45) is 5.92 Å². The predicted molar refractivity (Wildman–Crippen MR) is 57.9 cm³/mol. The minimum absolute atomic E-state index is 0.632. The molecule has 2 aliphatic rings. The Morgan fingerprint density at radius 1 is 1.36 bits per heavy atom. The molecule has 2 atom stereocenters. The molecular weight excluding hydrogens is 172 g/mol. The molecule has 1 fully saturated rings. The Morgan fingerprint density at radius 2 is 2.36 bits per heavy atom. The van der Waals surface area contributed by atoms with Crippen molar-refractivity contribution in [1.29, 1.82) is 0 Å². The quantitative estimate of drug-likeness (QED) is 0.694. The van der Waals surface area contributed by atoms with Crippen LogP contribution in [0.1, 0.15) is 24.8 Å². The molecule has 1 saturated heterocycles. The van der Waals surface area contributed by atoms with Gasteiger partial charge < -0.3 is 10.3 Å². The average molecular weight is 188 g/mol. The van der Waals surface area contributed by atoms with Crippen LogP contribution in [0, 0.1) is 5.92 Å². The molecule has 0 spiro atoms. The van der Waals surface area contributed by atoms with Crippen LogP contribution in [0.25, 0.3) is 5.57 Å². The number of rotatable bonds is 1. The van der Waals surface area contributed by atoms with Crippen LogP contribution in [-0.2, 0) is 0 Å². The second-order valence-corrected chi connectivity index (χ2v) is 4.45. The second kappa shape index (κ2) is 3.28. The number of allylic oxidation sites excluding steroid dienone is 1. The van der Waals surface area contributed by atoms with E-state index in [4.69, 9.17) is 0 Å². The summed E-state index contributed by atoms with van der Waals surface area (Å²) in [4.78, 5) is 3.13. The lowest BCUT2D eigenvalue weighted by Gasteiger charge is -2.34. The van der Waals surface area contributed by atoms with Crippen LogP contribution in [0.4, 0.5) is 0 Å². The van der Waals surface area contributed by atoms with E-state index in [0.717, 1.165) is 5.92 Å². The predicted octanol–water partition coefficient (Wildman–Crippen LogP) is 2.17. The topological polar surface area (TPSA) is 27.8 Å². The van der Waals surface area contributed by atoms with Crippen molar-refractivity contribution < 1.29 is 0 Å². The number of H-pyrrole nitrogens is 1. The zero-order valence-corrected chi connectivity index (χ0v) is 8.29. The molecule has 0 aromatic carbocycles. The normalized spacial score (nSPS) is 31.3. The molecule has 2 nitrogen and oxygen atoms in total. The maximum absolute atomic E-state index is 3.56. The van der Waals surface area contributed by atoms with Gasteiger partial charge in [-0.3, -0.25) is 0 Å². The highest BCUT2D eigenvalue weighted by Crippen LogP contribution is 2.34. The molecule has 2 N–H and O–H groups in total. The summed E-state index contributed by atoms with van der Waals surface area (Å²) in [7, 11) is 0. The van der Waals surface area contributed by atoms with Crippen molar-refractivity contribution >= 4 is 5.57 Å². The van der Waals surface area contributed by atoms with E-state index >= 15 is 0 Å². The van der Waals surface area contributed by atoms with E-state index in [2.05, 4.69) is 28.6 Å². The minimum atomic E-state index is 0.632. The third-order valence-electron chi connectivity index (χ3n) is 3.43. The van der Waals surface area contributed by atoms with Crippen molar-refractivity contribution in [1.82, 2.24) is 10.3 Å². The third-order valence-corrected chi connectivity index (χ3v) is 3.43. The van der Waals surface area contributed by atoms with Gasteiger partial charge in [0.25, 0.3) is 0 Å². The molecule has 1 aliphatic heterocycles. The van der Waals surface area contributed by atoms with Gasteiger partial charge in [0, 0.05) is 18.4 Å². The van der Waals surface area contributed by atoms with E-state index in [1.165, 1.54) is 36.9 Å². The molecule has 2 heteroatoms. The molecular formula is C12H16N2. The fraction of sp³-hybridized carbons (Fsp3) is 0.500. The molecule has 1 aromatic heterocycles. The van der Waals surface area contributed by atoms with Crippen LogP contribution in [0.15, 0.2) is 24.5 Å². The molecule has 0 amide bonds. The molecule has 0 saturated carbocycles. The lowest BCUT2D eigenvalue weighted by Crippen LogP contribution is -2.39. The molecule has 2 bridgehead atoms. The Kier molecular flexibility index (Phi) is 1.95. The summed E-state index contributed by atoms with van der Waals surface area (Å²) in [6.07, 6.45) is 10.5. The van der Waals surface area contributed by atoms with Gasteiger partial charge in [0.15, 0.2) is 0 Å². The molecule has 0 radical (unpaired) electrons. The fourth-order valence-corrected chi connectivity index (χ4v) is 2.71. The van der Waals surface area contributed by atoms with Gasteiger partial charge in [-0.25, -0.2) is 0 Å². The highest BCUT2D eigenvalue weighted by Gasteiger charge is 2.26. The summed E-state index contributed by atoms with van der Waals surface area (Å²) >= 11 is 0. The Labute approximate surface area is 84.4 Å². The van der Waals surface area contributed by atoms with Gasteiger partial charge in [0.2, 0.25) is 0 Å². The van der Waals surface area contributed by atoms with Gasteiger partial charge in [-0.1, -0.05) is 6.08 Å². The van der Waals surface area contributed by atoms with Gasteiger partial charge >= 0.3 is 0 Å². The van der Waals surface area contributed by atoms with Gasteiger partial charge in [0.1, 0.15) is 0 Å². The lowest BCUT2D eigenvalue weighted by molar-refractivity contribution is 0.327. The van der Waals surface area contributed by atoms with Gasteiger partial charge in [-0.15, -0.1) is 0 Å². The first-order chi connectivity index (χ1) is 6.92. The number of piperidine rings is 1. The standard InChI is InChI=1S/C12H16N2/c1-4-14-12-6-9(1)5-11(7-12)10-2-3-13-8-10/h2-3,7-9,12-14H,1,4-6H2. The third kappa shape index (κ3) is 1.40. The van der Waals surface area contributed by atoms with Crippen molar-refractivity contribution in [2.75, 3.05) is 6.54 Å². The van der Waals surface area contributed by atoms with E-state index in [0.29, 0.717) is 6.04 Å². The molecule has 1 aromatic rings. The van der Waals surface area contributed by atoms with Gasteiger partial charge in [-0.2, -0.15) is 0 Å². The second-order valence-electron chi connectivity index (χ2n) is 4.45. The van der Waals surface area contributed by atoms with Crippen LogP contribution in [0.2, 0.25) is 0 Å². The molecule has 14 heavy (non-hydrogen) atoms. The largest absolute Gasteiger partial charge is 0.367 e. The summed E-state index contributed by atoms with van der Waals surface area (Å²) in [5.41, 5.74) is 2.91. The number of nitrogens with one attached hydrogen (secondary N) is 2. The van der Waals surface area contributed by atoms with Crippen molar-refractivity contribution in [2.45, 2.75) is 25.3 Å². The molecule has 1 aliphatic carbocycles. The van der Waals surface area contributed by atoms with Crippen LogP contribution in [-0.4, -0.2) is 17.6 Å². The fourth-order valence-electron chi connectivity index (χ4n) is 2.71. The van der Waals surface area contributed by atoms with Crippen LogP contribution < -0.4 is 5.32 Å². The number of fused-ring (bicyclic) bond motifs is 2. The average Bonchev–Trinajstić information content (AvgIpc) is 2.69. The summed E-state index contributed by atoms with van der Waals surface area (Å²) in [5.74, 6) is 0.913. The first-order valence-electron chi connectivity index (χ1n) is 5.49. The van der Waals surface area contributed by atoms with E-state index in [-0.39, 0.29) is 0 Å². The Hall–Kier alpha value is -1.02. The van der Waals surface area contributed by atoms with E-state index < -0.39 is 0 Å². The minimum Gasteiger partial charge on any atom is -0.367 e. The molecule has 3 rings (SSSR count). The Bertz CT molecular complexity index is 337. The Morgan fingerprint density at radius 3 is 3.14 bits per heavy atom. The smallest absolute Gasteiger partial charge is 0.0258 e. The summed E-state index contributed by atoms with van der Waals surface area (Å²) in [6.45, 7) is 1.20. The number of aromatic amines is 1. The molecule has 74 valence electrons. The highest BCUT2D eigenvalue weighted by atomic mass is 14.9. The molecule has 2 unspecified atom stereocenters.